The highest BCUT2D eigenvalue weighted by Crippen LogP contribution is 2.49. The molecular weight excluding hydrogens is 322 g/mol. The summed E-state index contributed by atoms with van der Waals surface area (Å²) >= 11 is 0. The summed E-state index contributed by atoms with van der Waals surface area (Å²) in [6, 6.07) is 8.59. The highest BCUT2D eigenvalue weighted by molar-refractivity contribution is 5.71. The van der Waals surface area contributed by atoms with Crippen LogP contribution in [0.4, 0.5) is 0 Å². The number of fused-ring (bicyclic) bond motifs is 4. The lowest BCUT2D eigenvalue weighted by molar-refractivity contribution is -0.919. The minimum absolute atomic E-state index is 0.0147. The smallest absolute Gasteiger partial charge is 0.255 e. The number of aromatic nitrogens is 2. The average Bonchev–Trinajstić information content (AvgIpc) is 3.11. The number of nitrogens with zero attached hydrogens (tertiary/aromatic N) is 1. The molecule has 0 atom stereocenters. The molecule has 0 unspecified atom stereocenters. The minimum atomic E-state index is 0.0147. The molecule has 2 aromatic rings. The summed E-state index contributed by atoms with van der Waals surface area (Å²) in [5.41, 5.74) is 4.64. The number of aromatic amines is 1. The number of likely N-dealkylation sites (tertiary alicyclic amines) is 1. The number of benzene rings is 1. The van der Waals surface area contributed by atoms with E-state index >= 15 is 0 Å². The van der Waals surface area contributed by atoms with E-state index < -0.39 is 0 Å². The van der Waals surface area contributed by atoms with E-state index in [0.29, 0.717) is 0 Å². The summed E-state index contributed by atoms with van der Waals surface area (Å²) in [6.45, 7) is 3.24. The van der Waals surface area contributed by atoms with Crippen LogP contribution in [0.1, 0.15) is 61.9 Å². The number of nitrogens with one attached hydrogen (secondary N) is 2. The van der Waals surface area contributed by atoms with Gasteiger partial charge in [0.1, 0.15) is 6.54 Å². The van der Waals surface area contributed by atoms with Gasteiger partial charge in [0.05, 0.1) is 24.3 Å². The Morgan fingerprint density at radius 2 is 1.81 bits per heavy atom. The zero-order chi connectivity index (χ0) is 17.6. The zero-order valence-electron chi connectivity index (χ0n) is 15.4. The van der Waals surface area contributed by atoms with Crippen LogP contribution >= 0.6 is 0 Å². The normalized spacial score (nSPS) is 21.5. The maximum absolute atomic E-state index is 13.2. The van der Waals surface area contributed by atoms with Gasteiger partial charge in [-0.2, -0.15) is 0 Å². The largest absolute Gasteiger partial charge is 0.329 e. The first-order chi connectivity index (χ1) is 12.8. The predicted octanol–water partition coefficient (Wildman–Crippen LogP) is 2.37. The van der Waals surface area contributed by atoms with Gasteiger partial charge in [0.15, 0.2) is 5.82 Å². The topological polar surface area (TPSA) is 50.2 Å². The van der Waals surface area contributed by atoms with Crippen molar-refractivity contribution in [3.63, 3.8) is 0 Å². The third-order valence-corrected chi connectivity index (χ3v) is 6.84. The van der Waals surface area contributed by atoms with Crippen LogP contribution in [-0.4, -0.2) is 23.1 Å². The van der Waals surface area contributed by atoms with Gasteiger partial charge in [0.25, 0.3) is 5.56 Å². The van der Waals surface area contributed by atoms with Gasteiger partial charge < -0.3 is 9.88 Å². The number of rotatable bonds is 2. The summed E-state index contributed by atoms with van der Waals surface area (Å²) in [6.07, 6.45) is 9.60. The Labute approximate surface area is 154 Å². The molecule has 0 amide bonds. The van der Waals surface area contributed by atoms with E-state index in [0.717, 1.165) is 42.9 Å². The number of piperidine rings is 1. The lowest BCUT2D eigenvalue weighted by Crippen LogP contribution is -3.11. The zero-order valence-corrected chi connectivity index (χ0v) is 15.4. The van der Waals surface area contributed by atoms with Gasteiger partial charge in [0, 0.05) is 11.0 Å². The molecule has 1 spiro atoms. The second-order valence-corrected chi connectivity index (χ2v) is 8.55. The fourth-order valence-corrected chi connectivity index (χ4v) is 5.59. The molecule has 4 nitrogen and oxygen atoms in total. The van der Waals surface area contributed by atoms with E-state index in [4.69, 9.17) is 4.98 Å². The fraction of sp³-hybridized carbons (Fsp3) is 0.545. The van der Waals surface area contributed by atoms with Crippen LogP contribution in [0.25, 0.3) is 11.3 Å². The molecule has 1 aromatic heterocycles. The summed E-state index contributed by atoms with van der Waals surface area (Å²) < 4.78 is 0. The quantitative estimate of drug-likeness (QED) is 0.874. The second kappa shape index (κ2) is 6.34. The van der Waals surface area contributed by atoms with E-state index in [2.05, 4.69) is 29.2 Å². The molecule has 2 heterocycles. The highest BCUT2D eigenvalue weighted by atomic mass is 16.1. The molecule has 2 fully saturated rings. The van der Waals surface area contributed by atoms with Crippen molar-refractivity contribution >= 4 is 0 Å². The molecule has 1 aliphatic heterocycles. The third-order valence-electron chi connectivity index (χ3n) is 6.84. The van der Waals surface area contributed by atoms with Gasteiger partial charge in [-0.05, 0) is 44.1 Å². The Morgan fingerprint density at radius 1 is 1.04 bits per heavy atom. The van der Waals surface area contributed by atoms with Gasteiger partial charge in [-0.1, -0.05) is 37.1 Å². The van der Waals surface area contributed by atoms with Crippen molar-refractivity contribution < 1.29 is 4.90 Å². The standard InChI is InChI=1S/C22H27N3O/c26-21-19-20(23-18(24-21)15-25-12-6-1-7-13-25)17-9-3-2-8-16(17)14-22(19)10-4-5-11-22/h2-3,8-9H,1,4-7,10-15H2,(H,23,24,26)/p+1. The molecule has 26 heavy (non-hydrogen) atoms. The van der Waals surface area contributed by atoms with Crippen molar-refractivity contribution in [2.24, 2.45) is 0 Å². The lowest BCUT2D eigenvalue weighted by atomic mass is 9.68. The van der Waals surface area contributed by atoms with E-state index in [1.807, 2.05) is 0 Å². The van der Waals surface area contributed by atoms with Gasteiger partial charge in [-0.15, -0.1) is 0 Å². The van der Waals surface area contributed by atoms with E-state index in [1.54, 1.807) is 4.90 Å². The van der Waals surface area contributed by atoms with Crippen LogP contribution in [0.15, 0.2) is 29.1 Å². The molecule has 1 saturated heterocycles. The molecule has 2 aliphatic carbocycles. The molecule has 2 N–H and O–H groups in total. The number of hydrogen-bond donors (Lipinski definition) is 2. The summed E-state index contributed by atoms with van der Waals surface area (Å²) in [5, 5.41) is 0. The maximum atomic E-state index is 13.2. The van der Waals surface area contributed by atoms with Crippen LogP contribution in [0.5, 0.6) is 0 Å². The number of quaternary nitrogens is 1. The van der Waals surface area contributed by atoms with Crippen molar-refractivity contribution in [1.82, 2.24) is 9.97 Å². The predicted molar refractivity (Wildman–Crippen MR) is 102 cm³/mol. The van der Waals surface area contributed by atoms with Gasteiger partial charge >= 0.3 is 0 Å². The first-order valence-electron chi connectivity index (χ1n) is 10.3. The van der Waals surface area contributed by atoms with E-state index in [9.17, 15) is 4.79 Å². The Morgan fingerprint density at radius 3 is 2.62 bits per heavy atom. The Bertz CT molecular complexity index is 873. The monoisotopic (exact) mass is 350 g/mol. The first-order valence-corrected chi connectivity index (χ1v) is 10.3. The third kappa shape index (κ3) is 2.62. The molecule has 0 bridgehead atoms. The molecule has 3 aliphatic rings. The molecular formula is C22H28N3O+. The van der Waals surface area contributed by atoms with E-state index in [-0.39, 0.29) is 11.0 Å². The van der Waals surface area contributed by atoms with Crippen molar-refractivity contribution in [3.8, 4) is 11.3 Å². The number of hydrogen-bond acceptors (Lipinski definition) is 2. The highest BCUT2D eigenvalue weighted by Gasteiger charge is 2.44. The molecule has 1 saturated carbocycles. The summed E-state index contributed by atoms with van der Waals surface area (Å²) in [7, 11) is 0. The van der Waals surface area contributed by atoms with Crippen LogP contribution in [0.2, 0.25) is 0 Å². The van der Waals surface area contributed by atoms with Gasteiger partial charge in [0.2, 0.25) is 0 Å². The average molecular weight is 350 g/mol. The maximum Gasteiger partial charge on any atom is 0.255 e. The second-order valence-electron chi connectivity index (χ2n) is 8.55. The summed E-state index contributed by atoms with van der Waals surface area (Å²) in [4.78, 5) is 23.0. The molecule has 5 rings (SSSR count). The lowest BCUT2D eigenvalue weighted by Gasteiger charge is -2.35. The van der Waals surface area contributed by atoms with Crippen LogP contribution in [-0.2, 0) is 18.4 Å². The Hall–Kier alpha value is -1.94. The van der Waals surface area contributed by atoms with Crippen LogP contribution in [0.3, 0.4) is 0 Å². The first kappa shape index (κ1) is 16.2. The summed E-state index contributed by atoms with van der Waals surface area (Å²) in [5.74, 6) is 0.871. The number of H-pyrrole nitrogens is 1. The molecule has 4 heteroatoms. The Balaban J connectivity index is 1.62. The van der Waals surface area contributed by atoms with Crippen molar-refractivity contribution in [1.29, 1.82) is 0 Å². The molecule has 136 valence electrons. The minimum Gasteiger partial charge on any atom is -0.329 e. The van der Waals surface area contributed by atoms with Crippen LogP contribution < -0.4 is 10.5 Å². The Kier molecular flexibility index (Phi) is 3.96. The van der Waals surface area contributed by atoms with Gasteiger partial charge in [-0.3, -0.25) is 4.79 Å². The van der Waals surface area contributed by atoms with Crippen molar-refractivity contribution in [3.05, 3.63) is 51.6 Å². The fourth-order valence-electron chi connectivity index (χ4n) is 5.59. The van der Waals surface area contributed by atoms with Crippen LogP contribution in [0, 0.1) is 0 Å². The molecule has 0 radical (unpaired) electrons. The van der Waals surface area contributed by atoms with Crippen molar-refractivity contribution in [2.45, 2.75) is 63.3 Å². The van der Waals surface area contributed by atoms with Crippen molar-refractivity contribution in [2.75, 3.05) is 13.1 Å². The van der Waals surface area contributed by atoms with E-state index in [1.165, 1.54) is 56.3 Å². The SMILES string of the molecule is O=c1[nH]c(C[NH+]2CCCCC2)nc2c1C1(CCCC1)Cc1ccccc1-2. The van der Waals surface area contributed by atoms with Gasteiger partial charge in [-0.25, -0.2) is 4.98 Å². The molecule has 1 aromatic carbocycles.